The number of nitriles is 1. The lowest BCUT2D eigenvalue weighted by Crippen LogP contribution is -2.47. The first-order valence-electron chi connectivity index (χ1n) is 5.93. The lowest BCUT2D eigenvalue weighted by molar-refractivity contribution is -0.0283. The molecule has 1 N–H and O–H groups in total. The molecule has 0 aliphatic carbocycles. The molecular weight excluding hydrogens is 204 g/mol. The molecule has 0 saturated carbocycles. The van der Waals surface area contributed by atoms with Crippen molar-refractivity contribution in [2.75, 3.05) is 32.9 Å². The second-order valence-corrected chi connectivity index (χ2v) is 5.05. The number of morpholine rings is 1. The van der Waals surface area contributed by atoms with Gasteiger partial charge < -0.3 is 9.84 Å². The molecule has 4 heteroatoms. The van der Waals surface area contributed by atoms with Gasteiger partial charge in [-0.3, -0.25) is 4.90 Å². The summed E-state index contributed by atoms with van der Waals surface area (Å²) in [7, 11) is 0. The van der Waals surface area contributed by atoms with Crippen molar-refractivity contribution in [3.8, 4) is 6.07 Å². The van der Waals surface area contributed by atoms with Crippen LogP contribution >= 0.6 is 0 Å². The molecule has 4 nitrogen and oxygen atoms in total. The van der Waals surface area contributed by atoms with Gasteiger partial charge in [0.2, 0.25) is 0 Å². The summed E-state index contributed by atoms with van der Waals surface area (Å²) in [4.78, 5) is 2.26. The molecule has 1 aliphatic rings. The smallest absolute Gasteiger partial charge is 0.0683 e. The minimum Gasteiger partial charge on any atom is -0.395 e. The molecule has 0 bridgehead atoms. The lowest BCUT2D eigenvalue weighted by Gasteiger charge is -2.34. The van der Waals surface area contributed by atoms with E-state index in [1.807, 2.05) is 13.8 Å². The zero-order valence-electron chi connectivity index (χ0n) is 10.3. The van der Waals surface area contributed by atoms with Gasteiger partial charge in [0.1, 0.15) is 0 Å². The van der Waals surface area contributed by atoms with Crippen molar-refractivity contribution in [2.45, 2.75) is 32.7 Å². The Hall–Kier alpha value is -0.630. The normalized spacial score (nSPS) is 23.0. The fraction of sp³-hybridized carbons (Fsp3) is 0.917. The summed E-state index contributed by atoms with van der Waals surface area (Å²) in [6.07, 6.45) is 1.90. The Morgan fingerprint density at radius 1 is 1.56 bits per heavy atom. The number of ether oxygens (including phenoxy) is 1. The molecule has 16 heavy (non-hydrogen) atoms. The van der Waals surface area contributed by atoms with Crippen LogP contribution in [0, 0.1) is 16.7 Å². The Bertz CT molecular complexity index is 248. The van der Waals surface area contributed by atoms with E-state index in [2.05, 4.69) is 11.0 Å². The van der Waals surface area contributed by atoms with Crippen LogP contribution in [0.2, 0.25) is 0 Å². The predicted molar refractivity (Wildman–Crippen MR) is 61.9 cm³/mol. The molecule has 1 heterocycles. The molecule has 1 unspecified atom stereocenters. The number of hydrogen-bond donors (Lipinski definition) is 1. The van der Waals surface area contributed by atoms with Crippen LogP contribution in [0.4, 0.5) is 0 Å². The van der Waals surface area contributed by atoms with Crippen molar-refractivity contribution in [1.82, 2.24) is 4.90 Å². The van der Waals surface area contributed by atoms with Crippen LogP contribution in [0.25, 0.3) is 0 Å². The van der Waals surface area contributed by atoms with E-state index in [4.69, 9.17) is 10.00 Å². The molecule has 92 valence electrons. The Kier molecular flexibility index (Phi) is 5.20. The van der Waals surface area contributed by atoms with Gasteiger partial charge in [0.25, 0.3) is 0 Å². The third-order valence-electron chi connectivity index (χ3n) is 3.11. The van der Waals surface area contributed by atoms with Crippen LogP contribution in [0.1, 0.15) is 26.7 Å². The van der Waals surface area contributed by atoms with Crippen molar-refractivity contribution in [3.63, 3.8) is 0 Å². The second kappa shape index (κ2) is 6.19. The Labute approximate surface area is 97.8 Å². The summed E-state index contributed by atoms with van der Waals surface area (Å²) >= 11 is 0. The maximum atomic E-state index is 9.19. The van der Waals surface area contributed by atoms with Gasteiger partial charge in [0.15, 0.2) is 0 Å². The van der Waals surface area contributed by atoms with E-state index >= 15 is 0 Å². The molecule has 0 aromatic rings. The highest BCUT2D eigenvalue weighted by Gasteiger charge is 2.23. The summed E-state index contributed by atoms with van der Waals surface area (Å²) in [5.41, 5.74) is -0.235. The van der Waals surface area contributed by atoms with Crippen LogP contribution in [-0.2, 0) is 4.74 Å². The number of aliphatic hydroxyl groups is 1. The fourth-order valence-corrected chi connectivity index (χ4v) is 1.93. The van der Waals surface area contributed by atoms with Gasteiger partial charge in [-0.1, -0.05) is 0 Å². The van der Waals surface area contributed by atoms with Crippen LogP contribution in [0.15, 0.2) is 0 Å². The van der Waals surface area contributed by atoms with Gasteiger partial charge in [0, 0.05) is 6.54 Å². The van der Waals surface area contributed by atoms with Gasteiger partial charge in [-0.15, -0.1) is 0 Å². The van der Waals surface area contributed by atoms with E-state index in [0.717, 1.165) is 32.5 Å². The first-order chi connectivity index (χ1) is 7.59. The van der Waals surface area contributed by atoms with E-state index in [0.29, 0.717) is 6.61 Å². The van der Waals surface area contributed by atoms with Crippen LogP contribution in [0.5, 0.6) is 0 Å². The Morgan fingerprint density at radius 2 is 2.31 bits per heavy atom. The van der Waals surface area contributed by atoms with Crippen LogP contribution < -0.4 is 0 Å². The standard InChI is InChI=1S/C12H22N2O2/c1-12(2,10-13)4-3-5-14-6-7-16-9-11(14)8-15/h11,15H,3-9H2,1-2H3. The van der Waals surface area contributed by atoms with Crippen molar-refractivity contribution < 1.29 is 9.84 Å². The molecule has 1 saturated heterocycles. The zero-order valence-corrected chi connectivity index (χ0v) is 10.3. The van der Waals surface area contributed by atoms with Gasteiger partial charge in [-0.2, -0.15) is 5.26 Å². The molecule has 1 fully saturated rings. The lowest BCUT2D eigenvalue weighted by atomic mass is 9.89. The van der Waals surface area contributed by atoms with E-state index in [1.54, 1.807) is 0 Å². The van der Waals surface area contributed by atoms with Crippen molar-refractivity contribution in [2.24, 2.45) is 5.41 Å². The summed E-state index contributed by atoms with van der Waals surface area (Å²) in [5.74, 6) is 0. The topological polar surface area (TPSA) is 56.5 Å². The van der Waals surface area contributed by atoms with Crippen LogP contribution in [0.3, 0.4) is 0 Å². The third-order valence-corrected chi connectivity index (χ3v) is 3.11. The molecule has 0 aromatic carbocycles. The number of hydrogen-bond acceptors (Lipinski definition) is 4. The first-order valence-corrected chi connectivity index (χ1v) is 5.93. The maximum absolute atomic E-state index is 9.19. The second-order valence-electron chi connectivity index (χ2n) is 5.05. The third kappa shape index (κ3) is 4.09. The van der Waals surface area contributed by atoms with E-state index < -0.39 is 0 Å². The summed E-state index contributed by atoms with van der Waals surface area (Å²) in [6.45, 7) is 7.29. The highest BCUT2D eigenvalue weighted by Crippen LogP contribution is 2.21. The monoisotopic (exact) mass is 226 g/mol. The average molecular weight is 226 g/mol. The molecule has 0 amide bonds. The molecule has 0 spiro atoms. The molecule has 1 atom stereocenters. The largest absolute Gasteiger partial charge is 0.395 e. The summed E-state index contributed by atoms with van der Waals surface area (Å²) in [6, 6.07) is 2.45. The minimum absolute atomic E-state index is 0.138. The highest BCUT2D eigenvalue weighted by molar-refractivity contribution is 4.91. The highest BCUT2D eigenvalue weighted by atomic mass is 16.5. The van der Waals surface area contributed by atoms with Gasteiger partial charge in [-0.25, -0.2) is 0 Å². The minimum atomic E-state index is -0.235. The molecule has 1 rings (SSSR count). The van der Waals surface area contributed by atoms with Gasteiger partial charge >= 0.3 is 0 Å². The Morgan fingerprint density at radius 3 is 2.94 bits per heavy atom. The molecule has 1 aliphatic heterocycles. The van der Waals surface area contributed by atoms with E-state index in [9.17, 15) is 5.11 Å². The predicted octanol–water partition coefficient (Wildman–Crippen LogP) is 1.01. The number of aliphatic hydroxyl groups excluding tert-OH is 1. The zero-order chi connectivity index (χ0) is 12.0. The van der Waals surface area contributed by atoms with Crippen molar-refractivity contribution in [1.29, 1.82) is 5.26 Å². The van der Waals surface area contributed by atoms with Gasteiger partial charge in [-0.05, 0) is 33.2 Å². The number of rotatable bonds is 5. The van der Waals surface area contributed by atoms with E-state index in [1.165, 1.54) is 0 Å². The quantitative estimate of drug-likeness (QED) is 0.760. The summed E-state index contributed by atoms with van der Waals surface area (Å²) in [5, 5.41) is 18.1. The van der Waals surface area contributed by atoms with E-state index in [-0.39, 0.29) is 18.1 Å². The van der Waals surface area contributed by atoms with Crippen molar-refractivity contribution in [3.05, 3.63) is 0 Å². The molecule has 0 aromatic heterocycles. The fourth-order valence-electron chi connectivity index (χ4n) is 1.93. The average Bonchev–Trinajstić information content (AvgIpc) is 2.29. The Balaban J connectivity index is 2.28. The molecule has 0 radical (unpaired) electrons. The molecular formula is C12H22N2O2. The summed E-state index contributed by atoms with van der Waals surface area (Å²) < 4.78 is 5.32. The number of nitrogens with zero attached hydrogens (tertiary/aromatic N) is 2. The SMILES string of the molecule is CC(C)(C#N)CCCN1CCOCC1CO. The maximum Gasteiger partial charge on any atom is 0.0683 e. The first kappa shape index (κ1) is 13.4. The van der Waals surface area contributed by atoms with Gasteiger partial charge in [0.05, 0.1) is 37.3 Å². The van der Waals surface area contributed by atoms with Crippen molar-refractivity contribution >= 4 is 0 Å². The van der Waals surface area contributed by atoms with Crippen LogP contribution in [-0.4, -0.2) is 49.0 Å².